The molecule has 0 spiro atoms. The van der Waals surface area contributed by atoms with Crippen LogP contribution in [-0.2, 0) is 0 Å². The van der Waals surface area contributed by atoms with Crippen molar-refractivity contribution >= 4 is 5.91 Å². The lowest BCUT2D eigenvalue weighted by atomic mass is 10.0. The molecule has 0 aliphatic rings. The van der Waals surface area contributed by atoms with Crippen molar-refractivity contribution < 1.29 is 9.53 Å². The third kappa shape index (κ3) is 2.63. The summed E-state index contributed by atoms with van der Waals surface area (Å²) in [5.74, 6) is 0.723. The number of nitrogens with one attached hydrogen (secondary N) is 1. The summed E-state index contributed by atoms with van der Waals surface area (Å²) >= 11 is 0. The number of carbonyl (C=O) groups excluding carboxylic acids is 1. The van der Waals surface area contributed by atoms with Crippen molar-refractivity contribution in [2.24, 2.45) is 0 Å². The lowest BCUT2D eigenvalue weighted by Crippen LogP contribution is -2.24. The second-order valence-electron chi connectivity index (χ2n) is 3.64. The average molecular weight is 219 g/mol. The van der Waals surface area contributed by atoms with Gasteiger partial charge in [-0.25, -0.2) is 0 Å². The lowest BCUT2D eigenvalue weighted by molar-refractivity contribution is 0.0957. The molecule has 1 N–H and O–H groups in total. The van der Waals surface area contributed by atoms with Crippen molar-refractivity contribution in [3.8, 4) is 5.75 Å². The second-order valence-corrected chi connectivity index (χ2v) is 3.64. The minimum absolute atomic E-state index is 0.0804. The van der Waals surface area contributed by atoms with Crippen molar-refractivity contribution in [3.05, 3.63) is 41.5 Å². The Bertz CT molecular complexity index is 411. The predicted molar refractivity (Wildman–Crippen MR) is 65.0 cm³/mol. The van der Waals surface area contributed by atoms with Crippen molar-refractivity contribution in [2.45, 2.75) is 13.8 Å². The van der Waals surface area contributed by atoms with Gasteiger partial charge in [-0.2, -0.15) is 0 Å². The third-order valence-electron chi connectivity index (χ3n) is 2.39. The van der Waals surface area contributed by atoms with E-state index in [1.807, 2.05) is 26.0 Å². The van der Waals surface area contributed by atoms with Crippen LogP contribution in [0.3, 0.4) is 0 Å². The molecule has 1 aromatic rings. The minimum Gasteiger partial charge on any atom is -0.496 e. The summed E-state index contributed by atoms with van der Waals surface area (Å²) in [7, 11) is 1.62. The summed E-state index contributed by atoms with van der Waals surface area (Å²) in [4.78, 5) is 11.8. The number of hydrogen-bond acceptors (Lipinski definition) is 2. The fourth-order valence-corrected chi connectivity index (χ4v) is 1.51. The number of aryl methyl sites for hydroxylation is 2. The molecule has 0 fully saturated rings. The highest BCUT2D eigenvalue weighted by atomic mass is 16.5. The molecule has 1 amide bonds. The van der Waals surface area contributed by atoms with E-state index < -0.39 is 0 Å². The van der Waals surface area contributed by atoms with Gasteiger partial charge in [0.2, 0.25) is 0 Å². The molecule has 1 rings (SSSR count). The monoisotopic (exact) mass is 219 g/mol. The van der Waals surface area contributed by atoms with Crippen LogP contribution >= 0.6 is 0 Å². The van der Waals surface area contributed by atoms with Gasteiger partial charge in [-0.3, -0.25) is 4.79 Å². The predicted octanol–water partition coefficient (Wildman–Crippen LogP) is 2.23. The van der Waals surface area contributed by atoms with Crippen LogP contribution in [0.25, 0.3) is 0 Å². The number of benzene rings is 1. The van der Waals surface area contributed by atoms with E-state index in [1.54, 1.807) is 13.2 Å². The first kappa shape index (κ1) is 12.3. The van der Waals surface area contributed by atoms with Gasteiger partial charge in [0.25, 0.3) is 5.91 Å². The molecular weight excluding hydrogens is 202 g/mol. The molecule has 0 radical (unpaired) electrons. The molecule has 86 valence electrons. The van der Waals surface area contributed by atoms with Crippen LogP contribution in [0.2, 0.25) is 0 Å². The topological polar surface area (TPSA) is 38.3 Å². The van der Waals surface area contributed by atoms with Crippen LogP contribution in [0, 0.1) is 13.8 Å². The summed E-state index contributed by atoms with van der Waals surface area (Å²) in [5, 5.41) is 2.76. The third-order valence-corrected chi connectivity index (χ3v) is 2.39. The van der Waals surface area contributed by atoms with Gasteiger partial charge in [0.15, 0.2) is 0 Å². The maximum absolute atomic E-state index is 11.8. The molecule has 0 bridgehead atoms. The van der Waals surface area contributed by atoms with E-state index >= 15 is 0 Å². The van der Waals surface area contributed by atoms with Gasteiger partial charge in [0.1, 0.15) is 5.75 Å². The molecule has 0 heterocycles. The van der Waals surface area contributed by atoms with Gasteiger partial charge in [-0.05, 0) is 37.1 Å². The fourth-order valence-electron chi connectivity index (χ4n) is 1.51. The van der Waals surface area contributed by atoms with Gasteiger partial charge >= 0.3 is 0 Å². The maximum Gasteiger partial charge on any atom is 0.251 e. The van der Waals surface area contributed by atoms with Crippen LogP contribution in [0.5, 0.6) is 5.75 Å². The van der Waals surface area contributed by atoms with Gasteiger partial charge in [-0.15, -0.1) is 6.58 Å². The molecular formula is C13H17NO2. The average Bonchev–Trinajstić information content (AvgIpc) is 2.28. The zero-order valence-electron chi connectivity index (χ0n) is 9.96. The van der Waals surface area contributed by atoms with Crippen molar-refractivity contribution in [2.75, 3.05) is 13.7 Å². The number of amides is 1. The van der Waals surface area contributed by atoms with Crippen molar-refractivity contribution in [1.29, 1.82) is 0 Å². The van der Waals surface area contributed by atoms with E-state index in [-0.39, 0.29) is 5.91 Å². The van der Waals surface area contributed by atoms with Crippen LogP contribution in [0.15, 0.2) is 24.8 Å². The molecule has 0 saturated heterocycles. The molecule has 0 aliphatic carbocycles. The number of methoxy groups -OCH3 is 1. The molecule has 3 heteroatoms. The SMILES string of the molecule is C=CCNC(=O)c1cc(C)c(OC)cc1C. The molecule has 0 aliphatic heterocycles. The first-order valence-corrected chi connectivity index (χ1v) is 5.14. The molecule has 0 unspecified atom stereocenters. The zero-order chi connectivity index (χ0) is 12.1. The Hall–Kier alpha value is -1.77. The summed E-state index contributed by atoms with van der Waals surface area (Å²) < 4.78 is 5.19. The first-order valence-electron chi connectivity index (χ1n) is 5.14. The van der Waals surface area contributed by atoms with E-state index in [9.17, 15) is 4.79 Å². The Labute approximate surface area is 96.1 Å². The highest BCUT2D eigenvalue weighted by Gasteiger charge is 2.10. The number of carbonyl (C=O) groups is 1. The minimum atomic E-state index is -0.0804. The Balaban J connectivity index is 3.01. The van der Waals surface area contributed by atoms with Crippen LogP contribution in [-0.4, -0.2) is 19.6 Å². The normalized spacial score (nSPS) is 9.69. The number of rotatable bonds is 4. The van der Waals surface area contributed by atoms with Gasteiger partial charge in [-0.1, -0.05) is 6.08 Å². The molecule has 3 nitrogen and oxygen atoms in total. The molecule has 0 saturated carbocycles. The van der Waals surface area contributed by atoms with Gasteiger partial charge in [0, 0.05) is 12.1 Å². The molecule has 0 aromatic heterocycles. The van der Waals surface area contributed by atoms with Gasteiger partial charge in [0.05, 0.1) is 7.11 Å². The highest BCUT2D eigenvalue weighted by Crippen LogP contribution is 2.22. The summed E-state index contributed by atoms with van der Waals surface area (Å²) in [6, 6.07) is 3.71. The second kappa shape index (κ2) is 5.35. The number of ether oxygens (including phenoxy) is 1. The fraction of sp³-hybridized carbons (Fsp3) is 0.308. The Morgan fingerprint density at radius 2 is 2.12 bits per heavy atom. The Morgan fingerprint density at radius 1 is 1.44 bits per heavy atom. The zero-order valence-corrected chi connectivity index (χ0v) is 9.96. The molecule has 1 aromatic carbocycles. The van der Waals surface area contributed by atoms with E-state index in [4.69, 9.17) is 4.74 Å². The van der Waals surface area contributed by atoms with Crippen molar-refractivity contribution in [3.63, 3.8) is 0 Å². The Morgan fingerprint density at radius 3 is 2.69 bits per heavy atom. The standard InChI is InChI=1S/C13H17NO2/c1-5-6-14-13(15)11-7-10(3)12(16-4)8-9(11)2/h5,7-8H,1,6H2,2-4H3,(H,14,15). The van der Waals surface area contributed by atoms with E-state index in [0.717, 1.165) is 16.9 Å². The smallest absolute Gasteiger partial charge is 0.251 e. The van der Waals surface area contributed by atoms with E-state index in [2.05, 4.69) is 11.9 Å². The lowest BCUT2D eigenvalue weighted by Gasteiger charge is -2.10. The molecule has 16 heavy (non-hydrogen) atoms. The van der Waals surface area contributed by atoms with Crippen molar-refractivity contribution in [1.82, 2.24) is 5.32 Å². The number of hydrogen-bond donors (Lipinski definition) is 1. The van der Waals surface area contributed by atoms with Gasteiger partial charge < -0.3 is 10.1 Å². The first-order chi connectivity index (χ1) is 7.60. The quantitative estimate of drug-likeness (QED) is 0.789. The summed E-state index contributed by atoms with van der Waals surface area (Å²) in [6.07, 6.45) is 1.66. The van der Waals surface area contributed by atoms with Crippen LogP contribution < -0.4 is 10.1 Å². The largest absolute Gasteiger partial charge is 0.496 e. The summed E-state index contributed by atoms with van der Waals surface area (Å²) in [6.45, 7) is 7.85. The summed E-state index contributed by atoms with van der Waals surface area (Å²) in [5.41, 5.74) is 2.54. The van der Waals surface area contributed by atoms with E-state index in [1.165, 1.54) is 0 Å². The highest BCUT2D eigenvalue weighted by molar-refractivity contribution is 5.96. The van der Waals surface area contributed by atoms with E-state index in [0.29, 0.717) is 12.1 Å². The van der Waals surface area contributed by atoms with Crippen LogP contribution in [0.1, 0.15) is 21.5 Å². The molecule has 0 atom stereocenters. The van der Waals surface area contributed by atoms with Crippen LogP contribution in [0.4, 0.5) is 0 Å². The Kier molecular flexibility index (Phi) is 4.11. The maximum atomic E-state index is 11.8.